The third-order valence-electron chi connectivity index (χ3n) is 2.35. The fourth-order valence-corrected chi connectivity index (χ4v) is 1.62. The van der Waals surface area contributed by atoms with Crippen LogP contribution in [0.15, 0.2) is 0 Å². The number of amides is 1. The molecule has 0 aliphatic carbocycles. The summed E-state index contributed by atoms with van der Waals surface area (Å²) in [5.74, 6) is 0. The molecule has 0 unspecified atom stereocenters. The van der Waals surface area contributed by atoms with Gasteiger partial charge in [-0.15, -0.1) is 0 Å². The predicted molar refractivity (Wildman–Crippen MR) is 91.8 cm³/mol. The number of hydrogen-bond acceptors (Lipinski definition) is 6. The SMILES string of the molecule is CCCOCCOCCOCCOCCOCCNC(=O)I. The second kappa shape index (κ2) is 19.0. The molecule has 0 fully saturated rings. The van der Waals surface area contributed by atoms with Gasteiger partial charge in [0.1, 0.15) is 0 Å². The fourth-order valence-electron chi connectivity index (χ4n) is 1.35. The van der Waals surface area contributed by atoms with Gasteiger partial charge in [-0.1, -0.05) is 6.92 Å². The highest BCUT2D eigenvalue weighted by atomic mass is 127. The number of carbonyl (C=O) groups is 1. The first-order valence-corrected chi connectivity index (χ1v) is 8.67. The molecule has 0 rings (SSSR count). The van der Waals surface area contributed by atoms with Crippen molar-refractivity contribution in [1.82, 2.24) is 5.32 Å². The topological polar surface area (TPSA) is 75.2 Å². The molecule has 0 saturated carbocycles. The molecule has 0 aromatic carbocycles. The van der Waals surface area contributed by atoms with E-state index >= 15 is 0 Å². The second-order valence-electron chi connectivity index (χ2n) is 4.26. The Morgan fingerprint density at radius 2 is 1.09 bits per heavy atom. The normalized spacial score (nSPS) is 10.8. The maximum atomic E-state index is 10.6. The first kappa shape index (κ1) is 22.0. The lowest BCUT2D eigenvalue weighted by Gasteiger charge is -2.07. The number of ether oxygens (including phenoxy) is 5. The average Bonchev–Trinajstić information content (AvgIpc) is 2.50. The van der Waals surface area contributed by atoms with Crippen LogP contribution in [-0.4, -0.2) is 76.5 Å². The van der Waals surface area contributed by atoms with Crippen molar-refractivity contribution in [3.05, 3.63) is 0 Å². The molecule has 0 aromatic heterocycles. The van der Waals surface area contributed by atoms with Gasteiger partial charge in [-0.05, 0) is 6.42 Å². The smallest absolute Gasteiger partial charge is 0.280 e. The molecule has 1 amide bonds. The molecule has 0 bridgehead atoms. The van der Waals surface area contributed by atoms with Gasteiger partial charge in [0.15, 0.2) is 0 Å². The third kappa shape index (κ3) is 20.0. The van der Waals surface area contributed by atoms with Crippen LogP contribution < -0.4 is 5.32 Å². The van der Waals surface area contributed by atoms with Crippen LogP contribution in [0.3, 0.4) is 0 Å². The first-order chi connectivity index (χ1) is 10.8. The Labute approximate surface area is 146 Å². The van der Waals surface area contributed by atoms with E-state index in [2.05, 4.69) is 12.2 Å². The summed E-state index contributed by atoms with van der Waals surface area (Å²) in [5.41, 5.74) is 0. The van der Waals surface area contributed by atoms with Crippen molar-refractivity contribution in [3.8, 4) is 0 Å². The zero-order chi connectivity index (χ0) is 16.3. The highest BCUT2D eigenvalue weighted by molar-refractivity contribution is 14.1. The van der Waals surface area contributed by atoms with Gasteiger partial charge < -0.3 is 29.0 Å². The Morgan fingerprint density at radius 1 is 0.727 bits per heavy atom. The summed E-state index contributed by atoms with van der Waals surface area (Å²) in [6, 6.07) is 0. The molecule has 0 radical (unpaired) electrons. The molecule has 0 heterocycles. The van der Waals surface area contributed by atoms with E-state index in [4.69, 9.17) is 23.7 Å². The molecule has 1 N–H and O–H groups in total. The lowest BCUT2D eigenvalue weighted by Crippen LogP contribution is -2.22. The maximum Gasteiger partial charge on any atom is 0.280 e. The summed E-state index contributed by atoms with van der Waals surface area (Å²) in [7, 11) is 0. The van der Waals surface area contributed by atoms with Gasteiger partial charge in [0.2, 0.25) is 0 Å². The van der Waals surface area contributed by atoms with Gasteiger partial charge in [0.25, 0.3) is 3.91 Å². The van der Waals surface area contributed by atoms with Crippen molar-refractivity contribution in [2.45, 2.75) is 13.3 Å². The molecule has 132 valence electrons. The number of halogens is 1. The highest BCUT2D eigenvalue weighted by Crippen LogP contribution is 1.85. The van der Waals surface area contributed by atoms with Crippen LogP contribution in [0.25, 0.3) is 0 Å². The van der Waals surface area contributed by atoms with Crippen molar-refractivity contribution in [1.29, 1.82) is 0 Å². The Bertz CT molecular complexity index is 245. The monoisotopic (exact) mass is 433 g/mol. The minimum absolute atomic E-state index is 0.0768. The van der Waals surface area contributed by atoms with Crippen molar-refractivity contribution in [2.75, 3.05) is 72.6 Å². The van der Waals surface area contributed by atoms with Crippen LogP contribution in [0, 0.1) is 0 Å². The number of carbonyl (C=O) groups excluding carboxylic acids is 1. The lowest BCUT2D eigenvalue weighted by atomic mass is 10.5. The predicted octanol–water partition coefficient (Wildman–Crippen LogP) is 1.62. The van der Waals surface area contributed by atoms with E-state index in [-0.39, 0.29) is 3.91 Å². The summed E-state index contributed by atoms with van der Waals surface area (Å²) < 4.78 is 26.5. The third-order valence-corrected chi connectivity index (χ3v) is 2.73. The van der Waals surface area contributed by atoms with Gasteiger partial charge in [-0.2, -0.15) is 0 Å². The van der Waals surface area contributed by atoms with Gasteiger partial charge in [-0.25, -0.2) is 0 Å². The molecule has 0 saturated heterocycles. The fraction of sp³-hybridized carbons (Fsp3) is 0.929. The molecule has 0 aliphatic heterocycles. The molecule has 0 spiro atoms. The number of hydrogen-bond donors (Lipinski definition) is 1. The van der Waals surface area contributed by atoms with Crippen LogP contribution in [-0.2, 0) is 23.7 Å². The second-order valence-corrected chi connectivity index (χ2v) is 5.24. The average molecular weight is 433 g/mol. The summed E-state index contributed by atoms with van der Waals surface area (Å²) >= 11 is 1.69. The van der Waals surface area contributed by atoms with Crippen LogP contribution >= 0.6 is 22.6 Å². The van der Waals surface area contributed by atoms with Crippen molar-refractivity contribution in [3.63, 3.8) is 0 Å². The van der Waals surface area contributed by atoms with Crippen molar-refractivity contribution in [2.24, 2.45) is 0 Å². The van der Waals surface area contributed by atoms with Gasteiger partial charge >= 0.3 is 0 Å². The van der Waals surface area contributed by atoms with Crippen molar-refractivity contribution < 1.29 is 28.5 Å². The maximum absolute atomic E-state index is 10.6. The van der Waals surface area contributed by atoms with Gasteiger partial charge in [0.05, 0.1) is 59.5 Å². The van der Waals surface area contributed by atoms with E-state index in [9.17, 15) is 4.79 Å². The molecule has 0 aromatic rings. The number of rotatable bonds is 17. The minimum atomic E-state index is -0.0768. The zero-order valence-corrected chi connectivity index (χ0v) is 15.5. The molecule has 0 aliphatic rings. The molecule has 7 nitrogen and oxygen atoms in total. The standard InChI is InChI=1S/C14H28INO6/c1-2-4-18-6-8-20-10-12-22-13-11-21-9-7-19-5-3-16-14(15)17/h2-13H2,1H3,(H,16,17). The van der Waals surface area contributed by atoms with Crippen LogP contribution in [0.2, 0.25) is 0 Å². The van der Waals surface area contributed by atoms with Gasteiger partial charge in [0, 0.05) is 35.7 Å². The molecular weight excluding hydrogens is 405 g/mol. The largest absolute Gasteiger partial charge is 0.379 e. The van der Waals surface area contributed by atoms with E-state index in [0.29, 0.717) is 66.0 Å². The quantitative estimate of drug-likeness (QED) is 0.163. The van der Waals surface area contributed by atoms with Gasteiger partial charge in [-0.3, -0.25) is 4.79 Å². The summed E-state index contributed by atoms with van der Waals surface area (Å²) in [4.78, 5) is 10.6. The highest BCUT2D eigenvalue weighted by Gasteiger charge is 1.94. The van der Waals surface area contributed by atoms with E-state index in [0.717, 1.165) is 13.0 Å². The van der Waals surface area contributed by atoms with E-state index in [1.54, 1.807) is 22.6 Å². The molecule has 0 atom stereocenters. The Hall–Kier alpha value is 0. The Balaban J connectivity index is 2.95. The number of nitrogens with one attached hydrogen (secondary N) is 1. The molecule has 8 heteroatoms. The van der Waals surface area contributed by atoms with Crippen LogP contribution in [0.4, 0.5) is 4.79 Å². The van der Waals surface area contributed by atoms with E-state index in [1.807, 2.05) is 0 Å². The van der Waals surface area contributed by atoms with E-state index < -0.39 is 0 Å². The molecule has 22 heavy (non-hydrogen) atoms. The van der Waals surface area contributed by atoms with Crippen molar-refractivity contribution >= 4 is 26.5 Å². The Morgan fingerprint density at radius 3 is 1.45 bits per heavy atom. The van der Waals surface area contributed by atoms with Crippen LogP contribution in [0.5, 0.6) is 0 Å². The van der Waals surface area contributed by atoms with Crippen LogP contribution in [0.1, 0.15) is 13.3 Å². The minimum Gasteiger partial charge on any atom is -0.379 e. The van der Waals surface area contributed by atoms with E-state index in [1.165, 1.54) is 0 Å². The zero-order valence-electron chi connectivity index (χ0n) is 13.3. The first-order valence-electron chi connectivity index (χ1n) is 7.59. The summed E-state index contributed by atoms with van der Waals surface area (Å²) in [5, 5.41) is 2.64. The lowest BCUT2D eigenvalue weighted by molar-refractivity contribution is -0.0106. The summed E-state index contributed by atoms with van der Waals surface area (Å²) in [6.07, 6.45) is 1.03. The summed E-state index contributed by atoms with van der Waals surface area (Å²) in [6.45, 7) is 8.36. The molecular formula is C14H28INO6. The Kier molecular flexibility index (Phi) is 19.0.